The first-order chi connectivity index (χ1) is 12.5. The maximum Gasteiger partial charge on any atom is 0.322 e. The van der Waals surface area contributed by atoms with Crippen molar-refractivity contribution in [2.75, 3.05) is 43.5 Å². The molecule has 0 spiro atoms. The van der Waals surface area contributed by atoms with Gasteiger partial charge in [-0.1, -0.05) is 23.7 Å². The van der Waals surface area contributed by atoms with Gasteiger partial charge in [-0.15, -0.1) is 0 Å². The standard InChI is InChI=1S/C19H21ClFN3O2/c1-13-11-17(18(26-2)12-14(13)20)23-7-9-24(10-8-23)19(25)22-16-6-4-3-5-15(16)21/h3-6,11-12H,7-10H2,1-2H3,(H,22,25). The summed E-state index contributed by atoms with van der Waals surface area (Å²) in [6.45, 7) is 4.32. The summed E-state index contributed by atoms with van der Waals surface area (Å²) in [7, 11) is 1.61. The lowest BCUT2D eigenvalue weighted by Gasteiger charge is -2.36. The molecule has 2 aromatic carbocycles. The van der Waals surface area contributed by atoms with E-state index < -0.39 is 5.82 Å². The Morgan fingerprint density at radius 1 is 1.19 bits per heavy atom. The summed E-state index contributed by atoms with van der Waals surface area (Å²) in [4.78, 5) is 16.2. The van der Waals surface area contributed by atoms with Crippen LogP contribution < -0.4 is 15.0 Å². The van der Waals surface area contributed by atoms with Gasteiger partial charge in [0.1, 0.15) is 11.6 Å². The number of methoxy groups -OCH3 is 1. The first-order valence-corrected chi connectivity index (χ1v) is 8.77. The monoisotopic (exact) mass is 377 g/mol. The van der Waals surface area contributed by atoms with Gasteiger partial charge in [-0.05, 0) is 30.7 Å². The Kier molecular flexibility index (Phi) is 5.52. The summed E-state index contributed by atoms with van der Waals surface area (Å²) in [6, 6.07) is 9.65. The quantitative estimate of drug-likeness (QED) is 0.873. The third-order valence-corrected chi connectivity index (χ3v) is 4.89. The molecule has 1 saturated heterocycles. The van der Waals surface area contributed by atoms with Crippen molar-refractivity contribution in [3.8, 4) is 5.75 Å². The number of nitrogens with zero attached hydrogens (tertiary/aromatic N) is 2. The molecule has 0 saturated carbocycles. The molecular weight excluding hydrogens is 357 g/mol. The van der Waals surface area contributed by atoms with Gasteiger partial charge in [0.15, 0.2) is 0 Å². The number of halogens is 2. The lowest BCUT2D eigenvalue weighted by molar-refractivity contribution is 0.208. The van der Waals surface area contributed by atoms with Crippen LogP contribution in [0.1, 0.15) is 5.56 Å². The van der Waals surface area contributed by atoms with Crippen LogP contribution in [0.3, 0.4) is 0 Å². The maximum atomic E-state index is 13.7. The van der Waals surface area contributed by atoms with Crippen molar-refractivity contribution in [2.45, 2.75) is 6.92 Å². The topological polar surface area (TPSA) is 44.8 Å². The summed E-state index contributed by atoms with van der Waals surface area (Å²) in [5.74, 6) is 0.269. The SMILES string of the molecule is COc1cc(Cl)c(C)cc1N1CCN(C(=O)Nc2ccccc2F)CC1. The van der Waals surface area contributed by atoms with Crippen LogP contribution in [-0.4, -0.2) is 44.2 Å². The zero-order valence-electron chi connectivity index (χ0n) is 14.8. The molecule has 1 N–H and O–H groups in total. The highest BCUT2D eigenvalue weighted by Gasteiger charge is 2.24. The van der Waals surface area contributed by atoms with Gasteiger partial charge < -0.3 is 19.9 Å². The summed E-state index contributed by atoms with van der Waals surface area (Å²) in [6.07, 6.45) is 0. The number of aryl methyl sites for hydroxylation is 1. The minimum Gasteiger partial charge on any atom is -0.495 e. The Balaban J connectivity index is 1.65. The molecule has 3 rings (SSSR count). The van der Waals surface area contributed by atoms with Crippen molar-refractivity contribution in [3.05, 3.63) is 52.8 Å². The first kappa shape index (κ1) is 18.3. The fraction of sp³-hybridized carbons (Fsp3) is 0.316. The van der Waals surface area contributed by atoms with Crippen LogP contribution in [0.2, 0.25) is 5.02 Å². The van der Waals surface area contributed by atoms with Crippen LogP contribution in [0.4, 0.5) is 20.6 Å². The predicted octanol–water partition coefficient (Wildman–Crippen LogP) is 4.15. The van der Waals surface area contributed by atoms with Crippen LogP contribution in [0, 0.1) is 12.7 Å². The largest absolute Gasteiger partial charge is 0.495 e. The third kappa shape index (κ3) is 3.85. The Labute approximate surface area is 157 Å². The van der Waals surface area contributed by atoms with Crippen molar-refractivity contribution in [1.82, 2.24) is 4.90 Å². The summed E-state index contributed by atoms with van der Waals surface area (Å²) in [5, 5.41) is 3.29. The number of piperazine rings is 1. The van der Waals surface area contributed by atoms with E-state index in [1.165, 1.54) is 6.07 Å². The van der Waals surface area contributed by atoms with Gasteiger partial charge in [-0.2, -0.15) is 0 Å². The average Bonchev–Trinajstić information content (AvgIpc) is 2.65. The molecule has 1 fully saturated rings. The molecule has 1 heterocycles. The van der Waals surface area contributed by atoms with E-state index in [1.807, 2.05) is 19.1 Å². The number of nitrogens with one attached hydrogen (secondary N) is 1. The molecule has 26 heavy (non-hydrogen) atoms. The Morgan fingerprint density at radius 2 is 1.88 bits per heavy atom. The number of hydrogen-bond donors (Lipinski definition) is 1. The molecule has 138 valence electrons. The normalized spacial score (nSPS) is 14.3. The third-order valence-electron chi connectivity index (χ3n) is 4.48. The number of ether oxygens (including phenoxy) is 1. The van der Waals surface area contributed by atoms with Crippen LogP contribution >= 0.6 is 11.6 Å². The molecule has 0 atom stereocenters. The van der Waals surface area contributed by atoms with Crippen molar-refractivity contribution >= 4 is 29.0 Å². The van der Waals surface area contributed by atoms with E-state index in [-0.39, 0.29) is 11.7 Å². The molecule has 0 aromatic heterocycles. The highest BCUT2D eigenvalue weighted by atomic mass is 35.5. The molecule has 0 radical (unpaired) electrons. The number of carbonyl (C=O) groups excluding carboxylic acids is 1. The van der Waals surface area contributed by atoms with Gasteiger partial charge in [0, 0.05) is 37.3 Å². The van der Waals surface area contributed by atoms with Crippen LogP contribution in [0.25, 0.3) is 0 Å². The zero-order valence-corrected chi connectivity index (χ0v) is 15.5. The Hall–Kier alpha value is -2.47. The molecule has 2 amide bonds. The van der Waals surface area contributed by atoms with Gasteiger partial charge >= 0.3 is 6.03 Å². The number of rotatable bonds is 3. The van der Waals surface area contributed by atoms with E-state index in [0.717, 1.165) is 11.3 Å². The minimum absolute atomic E-state index is 0.190. The van der Waals surface area contributed by atoms with E-state index >= 15 is 0 Å². The molecule has 1 aliphatic rings. The summed E-state index contributed by atoms with van der Waals surface area (Å²) >= 11 is 6.17. The number of carbonyl (C=O) groups is 1. The number of urea groups is 1. The number of amides is 2. The highest BCUT2D eigenvalue weighted by Crippen LogP contribution is 2.34. The maximum absolute atomic E-state index is 13.7. The Morgan fingerprint density at radius 3 is 2.54 bits per heavy atom. The van der Waals surface area contributed by atoms with Crippen molar-refractivity contribution < 1.29 is 13.9 Å². The molecule has 7 heteroatoms. The summed E-state index contributed by atoms with van der Waals surface area (Å²) < 4.78 is 19.1. The Bertz CT molecular complexity index is 807. The van der Waals surface area contributed by atoms with E-state index in [9.17, 15) is 9.18 Å². The molecule has 2 aromatic rings. The lowest BCUT2D eigenvalue weighted by Crippen LogP contribution is -2.50. The van der Waals surface area contributed by atoms with Crippen molar-refractivity contribution in [3.63, 3.8) is 0 Å². The van der Waals surface area contributed by atoms with Crippen LogP contribution in [-0.2, 0) is 0 Å². The van der Waals surface area contributed by atoms with E-state index in [0.29, 0.717) is 37.0 Å². The second-order valence-corrected chi connectivity index (χ2v) is 6.56. The van der Waals surface area contributed by atoms with Gasteiger partial charge in [-0.3, -0.25) is 0 Å². The molecule has 0 unspecified atom stereocenters. The van der Waals surface area contributed by atoms with Gasteiger partial charge in [-0.25, -0.2) is 9.18 Å². The fourth-order valence-corrected chi connectivity index (χ4v) is 3.12. The van der Waals surface area contributed by atoms with Gasteiger partial charge in [0.05, 0.1) is 18.5 Å². The second-order valence-electron chi connectivity index (χ2n) is 6.16. The van der Waals surface area contributed by atoms with Gasteiger partial charge in [0.25, 0.3) is 0 Å². The van der Waals surface area contributed by atoms with E-state index in [2.05, 4.69) is 10.2 Å². The van der Waals surface area contributed by atoms with Crippen molar-refractivity contribution in [2.24, 2.45) is 0 Å². The molecule has 0 bridgehead atoms. The highest BCUT2D eigenvalue weighted by molar-refractivity contribution is 6.31. The number of para-hydroxylation sites is 1. The smallest absolute Gasteiger partial charge is 0.322 e. The second kappa shape index (κ2) is 7.83. The van der Waals surface area contributed by atoms with E-state index in [1.54, 1.807) is 30.2 Å². The van der Waals surface area contributed by atoms with E-state index in [4.69, 9.17) is 16.3 Å². The average molecular weight is 378 g/mol. The zero-order chi connectivity index (χ0) is 18.7. The number of hydrogen-bond acceptors (Lipinski definition) is 3. The van der Waals surface area contributed by atoms with Crippen LogP contribution in [0.15, 0.2) is 36.4 Å². The number of anilines is 2. The predicted molar refractivity (Wildman–Crippen MR) is 102 cm³/mol. The first-order valence-electron chi connectivity index (χ1n) is 8.39. The molecule has 5 nitrogen and oxygen atoms in total. The molecule has 1 aliphatic heterocycles. The number of benzene rings is 2. The fourth-order valence-electron chi connectivity index (χ4n) is 2.97. The van der Waals surface area contributed by atoms with Gasteiger partial charge in [0.2, 0.25) is 0 Å². The lowest BCUT2D eigenvalue weighted by atomic mass is 10.1. The van der Waals surface area contributed by atoms with Crippen molar-refractivity contribution in [1.29, 1.82) is 0 Å². The van der Waals surface area contributed by atoms with Crippen LogP contribution in [0.5, 0.6) is 5.75 Å². The minimum atomic E-state index is -0.444. The molecular formula is C19H21ClFN3O2. The summed E-state index contributed by atoms with van der Waals surface area (Å²) in [5.41, 5.74) is 2.13. The molecule has 0 aliphatic carbocycles.